The Hall–Kier alpha value is -2.21. The number of pyridine rings is 1. The Labute approximate surface area is 144 Å². The summed E-state index contributed by atoms with van der Waals surface area (Å²) in [6, 6.07) is 5.54. The first kappa shape index (κ1) is 15.3. The van der Waals surface area contributed by atoms with Crippen molar-refractivity contribution in [2.45, 2.75) is 19.3 Å². The fourth-order valence-electron chi connectivity index (χ4n) is 3.83. The SMILES string of the molecule is O=C(c1cccnc1)N1CCC[C@]2(CCN(c3ccsc3)C2=O)C1. The van der Waals surface area contributed by atoms with Crippen LogP contribution in [0.15, 0.2) is 41.4 Å². The monoisotopic (exact) mass is 341 g/mol. The van der Waals surface area contributed by atoms with Crippen molar-refractivity contribution in [1.29, 1.82) is 0 Å². The summed E-state index contributed by atoms with van der Waals surface area (Å²) >= 11 is 1.60. The van der Waals surface area contributed by atoms with Crippen LogP contribution in [0.25, 0.3) is 0 Å². The van der Waals surface area contributed by atoms with Crippen LogP contribution in [0.1, 0.15) is 29.6 Å². The van der Waals surface area contributed by atoms with Crippen molar-refractivity contribution in [2.24, 2.45) is 5.41 Å². The molecule has 124 valence electrons. The van der Waals surface area contributed by atoms with Gasteiger partial charge in [-0.3, -0.25) is 14.6 Å². The summed E-state index contributed by atoms with van der Waals surface area (Å²) in [6.45, 7) is 1.96. The molecule has 0 saturated carbocycles. The smallest absolute Gasteiger partial charge is 0.255 e. The molecule has 4 rings (SSSR count). The maximum atomic E-state index is 13.1. The van der Waals surface area contributed by atoms with Crippen molar-refractivity contribution < 1.29 is 9.59 Å². The number of aromatic nitrogens is 1. The molecule has 2 aromatic heterocycles. The van der Waals surface area contributed by atoms with Crippen molar-refractivity contribution >= 4 is 28.8 Å². The lowest BCUT2D eigenvalue weighted by Gasteiger charge is -2.39. The van der Waals surface area contributed by atoms with E-state index in [2.05, 4.69) is 4.98 Å². The van der Waals surface area contributed by atoms with Gasteiger partial charge in [0.05, 0.1) is 16.7 Å². The van der Waals surface area contributed by atoms with Crippen molar-refractivity contribution in [3.05, 3.63) is 46.9 Å². The molecule has 0 aromatic carbocycles. The van der Waals surface area contributed by atoms with Gasteiger partial charge < -0.3 is 9.80 Å². The minimum absolute atomic E-state index is 0.0241. The fourth-order valence-corrected chi connectivity index (χ4v) is 4.48. The van der Waals surface area contributed by atoms with Crippen LogP contribution in [0.5, 0.6) is 0 Å². The predicted octanol–water partition coefficient (Wildman–Crippen LogP) is 2.80. The minimum Gasteiger partial charge on any atom is -0.338 e. The third kappa shape index (κ3) is 2.51. The molecule has 0 N–H and O–H groups in total. The summed E-state index contributed by atoms with van der Waals surface area (Å²) in [5, 5.41) is 4.00. The van der Waals surface area contributed by atoms with E-state index in [1.54, 1.807) is 35.9 Å². The first-order chi connectivity index (χ1) is 11.7. The van der Waals surface area contributed by atoms with Gasteiger partial charge >= 0.3 is 0 Å². The molecule has 4 heterocycles. The molecular weight excluding hydrogens is 322 g/mol. The van der Waals surface area contributed by atoms with Crippen molar-refractivity contribution in [3.63, 3.8) is 0 Å². The molecular formula is C18H19N3O2S. The Morgan fingerprint density at radius 3 is 2.92 bits per heavy atom. The number of amides is 2. The van der Waals surface area contributed by atoms with Crippen molar-refractivity contribution in [2.75, 3.05) is 24.5 Å². The van der Waals surface area contributed by atoms with Gasteiger partial charge in [-0.2, -0.15) is 11.3 Å². The summed E-state index contributed by atoms with van der Waals surface area (Å²) in [4.78, 5) is 33.5. The fraction of sp³-hybridized carbons (Fsp3) is 0.389. The van der Waals surface area contributed by atoms with E-state index in [-0.39, 0.29) is 11.8 Å². The molecule has 1 spiro atoms. The third-order valence-electron chi connectivity index (χ3n) is 5.10. The van der Waals surface area contributed by atoms with Gasteiger partial charge in [0.1, 0.15) is 0 Å². The maximum Gasteiger partial charge on any atom is 0.255 e. The molecule has 2 aromatic rings. The van der Waals surface area contributed by atoms with E-state index in [9.17, 15) is 9.59 Å². The number of hydrogen-bond donors (Lipinski definition) is 0. The highest BCUT2D eigenvalue weighted by Gasteiger charge is 2.50. The van der Waals surface area contributed by atoms with E-state index in [4.69, 9.17) is 0 Å². The van der Waals surface area contributed by atoms with Gasteiger partial charge in [0.15, 0.2) is 0 Å². The van der Waals surface area contributed by atoms with Gasteiger partial charge in [-0.05, 0) is 42.8 Å². The first-order valence-electron chi connectivity index (χ1n) is 8.23. The van der Waals surface area contributed by atoms with Crippen LogP contribution in [0.3, 0.4) is 0 Å². The standard InChI is InChI=1S/C18H19N3O2S/c22-16(14-3-1-7-19-11-14)20-8-2-5-18(13-20)6-9-21(17(18)23)15-4-10-24-12-15/h1,3-4,7,10-12H,2,5-6,8-9,13H2/t18-/m0/s1. The van der Waals surface area contributed by atoms with E-state index >= 15 is 0 Å². The van der Waals surface area contributed by atoms with Crippen LogP contribution in [0.2, 0.25) is 0 Å². The van der Waals surface area contributed by atoms with Crippen LogP contribution in [0.4, 0.5) is 5.69 Å². The number of carbonyl (C=O) groups excluding carboxylic acids is 2. The number of thiophene rings is 1. The topological polar surface area (TPSA) is 53.5 Å². The molecule has 2 aliphatic rings. The van der Waals surface area contributed by atoms with Gasteiger partial charge in [0.2, 0.25) is 5.91 Å². The van der Waals surface area contributed by atoms with Gasteiger partial charge in [0, 0.05) is 37.4 Å². The highest BCUT2D eigenvalue weighted by molar-refractivity contribution is 7.08. The molecule has 2 amide bonds. The lowest BCUT2D eigenvalue weighted by Crippen LogP contribution is -2.49. The summed E-state index contributed by atoms with van der Waals surface area (Å²) in [7, 11) is 0. The normalized spacial score (nSPS) is 23.9. The quantitative estimate of drug-likeness (QED) is 0.844. The molecule has 5 nitrogen and oxygen atoms in total. The zero-order valence-electron chi connectivity index (χ0n) is 13.4. The Morgan fingerprint density at radius 1 is 1.25 bits per heavy atom. The predicted molar refractivity (Wildman–Crippen MR) is 93.1 cm³/mol. The zero-order valence-corrected chi connectivity index (χ0v) is 14.2. The van der Waals surface area contributed by atoms with E-state index in [0.29, 0.717) is 18.7 Å². The van der Waals surface area contributed by atoms with Crippen LogP contribution in [-0.4, -0.2) is 41.3 Å². The Balaban J connectivity index is 1.55. The number of anilines is 1. The first-order valence-corrected chi connectivity index (χ1v) is 9.17. The largest absolute Gasteiger partial charge is 0.338 e. The number of rotatable bonds is 2. The molecule has 6 heteroatoms. The Bertz CT molecular complexity index is 747. The van der Waals surface area contributed by atoms with Crippen LogP contribution >= 0.6 is 11.3 Å². The molecule has 0 bridgehead atoms. The average molecular weight is 341 g/mol. The number of carbonyl (C=O) groups is 2. The van der Waals surface area contributed by atoms with Crippen LogP contribution < -0.4 is 4.90 Å². The van der Waals surface area contributed by atoms with Gasteiger partial charge in [0.25, 0.3) is 5.91 Å². The lowest BCUT2D eigenvalue weighted by atomic mass is 9.78. The highest BCUT2D eigenvalue weighted by Crippen LogP contribution is 2.42. The number of nitrogens with zero attached hydrogens (tertiary/aromatic N) is 3. The zero-order chi connectivity index (χ0) is 16.6. The van der Waals surface area contributed by atoms with Crippen LogP contribution in [0, 0.1) is 5.41 Å². The molecule has 0 unspecified atom stereocenters. The molecule has 2 fully saturated rings. The number of piperidine rings is 1. The van der Waals surface area contributed by atoms with Gasteiger partial charge in [-0.25, -0.2) is 0 Å². The van der Waals surface area contributed by atoms with E-state index < -0.39 is 5.41 Å². The molecule has 1 atom stereocenters. The van der Waals surface area contributed by atoms with E-state index in [1.165, 1.54) is 0 Å². The average Bonchev–Trinajstić information content (AvgIpc) is 3.25. The summed E-state index contributed by atoms with van der Waals surface area (Å²) in [6.07, 6.45) is 5.81. The lowest BCUT2D eigenvalue weighted by molar-refractivity contribution is -0.127. The Kier molecular flexibility index (Phi) is 3.84. The minimum atomic E-state index is -0.419. The molecule has 24 heavy (non-hydrogen) atoms. The molecule has 0 radical (unpaired) electrons. The van der Waals surface area contributed by atoms with Crippen molar-refractivity contribution in [3.8, 4) is 0 Å². The summed E-state index contributed by atoms with van der Waals surface area (Å²) in [5.41, 5.74) is 1.16. The second-order valence-corrected chi connectivity index (χ2v) is 7.32. The summed E-state index contributed by atoms with van der Waals surface area (Å²) < 4.78 is 0. The van der Waals surface area contributed by atoms with Gasteiger partial charge in [-0.1, -0.05) is 0 Å². The highest BCUT2D eigenvalue weighted by atomic mass is 32.1. The van der Waals surface area contributed by atoms with Crippen LogP contribution in [-0.2, 0) is 4.79 Å². The number of hydrogen-bond acceptors (Lipinski definition) is 4. The second-order valence-electron chi connectivity index (χ2n) is 6.54. The third-order valence-corrected chi connectivity index (χ3v) is 5.77. The summed E-state index contributed by atoms with van der Waals surface area (Å²) in [5.74, 6) is 0.147. The molecule has 0 aliphatic carbocycles. The number of likely N-dealkylation sites (tertiary alicyclic amines) is 1. The van der Waals surface area contributed by atoms with Gasteiger partial charge in [-0.15, -0.1) is 0 Å². The molecule has 2 aliphatic heterocycles. The van der Waals surface area contributed by atoms with E-state index in [1.807, 2.05) is 26.6 Å². The second kappa shape index (κ2) is 6.02. The van der Waals surface area contributed by atoms with Crippen molar-refractivity contribution in [1.82, 2.24) is 9.88 Å². The molecule has 2 saturated heterocycles. The maximum absolute atomic E-state index is 13.1. The van der Waals surface area contributed by atoms with E-state index in [0.717, 1.165) is 31.5 Å². The Morgan fingerprint density at radius 2 is 2.17 bits per heavy atom.